The summed E-state index contributed by atoms with van der Waals surface area (Å²) in [4.78, 5) is 22.6. The molecule has 2 N–H and O–H groups in total. The van der Waals surface area contributed by atoms with E-state index < -0.39 is 0 Å². The number of hydrogen-bond acceptors (Lipinski definition) is 3. The number of aromatic nitrogens is 2. The number of H-pyrrole nitrogens is 1. The third kappa shape index (κ3) is 2.82. The number of fused-ring (bicyclic) bond motifs is 2. The van der Waals surface area contributed by atoms with Gasteiger partial charge < -0.3 is 15.0 Å². The molecule has 1 aliphatic heterocycles. The van der Waals surface area contributed by atoms with Crippen LogP contribution in [0.4, 0.5) is 0 Å². The van der Waals surface area contributed by atoms with Gasteiger partial charge in [0, 0.05) is 13.1 Å². The predicted octanol–water partition coefficient (Wildman–Crippen LogP) is 2.93. The molecule has 0 radical (unpaired) electrons. The number of para-hydroxylation sites is 1. The highest BCUT2D eigenvalue weighted by Crippen LogP contribution is 2.36. The van der Waals surface area contributed by atoms with Gasteiger partial charge in [-0.3, -0.25) is 4.79 Å². The van der Waals surface area contributed by atoms with E-state index >= 15 is 0 Å². The van der Waals surface area contributed by atoms with Gasteiger partial charge in [0.05, 0.1) is 11.1 Å². The van der Waals surface area contributed by atoms with E-state index in [9.17, 15) is 9.90 Å². The topological polar surface area (TPSA) is 69.2 Å². The monoisotopic (exact) mass is 361 g/mol. The molecular weight excluding hydrogens is 338 g/mol. The number of amides is 1. The molecule has 1 atom stereocenters. The van der Waals surface area contributed by atoms with Crippen molar-refractivity contribution in [3.8, 4) is 0 Å². The van der Waals surface area contributed by atoms with E-state index in [1.54, 1.807) is 0 Å². The van der Waals surface area contributed by atoms with Crippen molar-refractivity contribution in [1.29, 1.82) is 0 Å². The third-order valence-corrected chi connectivity index (χ3v) is 6.20. The number of rotatable bonds is 3. The number of hydrogen-bond donors (Lipinski definition) is 2. The molecule has 27 heavy (non-hydrogen) atoms. The summed E-state index contributed by atoms with van der Waals surface area (Å²) in [6.07, 6.45) is 3.35. The molecule has 0 bridgehead atoms. The number of benzene rings is 2. The lowest BCUT2D eigenvalue weighted by molar-refractivity contribution is 0.0784. The van der Waals surface area contributed by atoms with Crippen molar-refractivity contribution in [3.63, 3.8) is 0 Å². The molecular formula is C22H23N3O2. The van der Waals surface area contributed by atoms with Crippen LogP contribution in [-0.2, 0) is 19.4 Å². The van der Waals surface area contributed by atoms with Gasteiger partial charge in [0.25, 0.3) is 5.91 Å². The lowest BCUT2D eigenvalue weighted by Crippen LogP contribution is -2.30. The highest BCUT2D eigenvalue weighted by molar-refractivity contribution is 6.05. The highest BCUT2D eigenvalue weighted by atomic mass is 16.3. The Kier molecular flexibility index (Phi) is 3.97. The maximum Gasteiger partial charge on any atom is 0.256 e. The molecule has 5 heteroatoms. The second-order valence-electron chi connectivity index (χ2n) is 7.78. The van der Waals surface area contributed by atoms with Crippen LogP contribution in [-0.4, -0.2) is 39.0 Å². The number of carbonyl (C=O) groups is 1. The molecule has 0 spiro atoms. The lowest BCUT2D eigenvalue weighted by Gasteiger charge is -2.20. The van der Waals surface area contributed by atoms with E-state index in [1.165, 1.54) is 11.1 Å². The number of carbonyl (C=O) groups excluding carboxylic acids is 1. The number of aliphatic hydroxyl groups is 1. The van der Waals surface area contributed by atoms with Gasteiger partial charge in [-0.2, -0.15) is 0 Å². The Hall–Kier alpha value is -2.66. The van der Waals surface area contributed by atoms with Crippen LogP contribution in [0.5, 0.6) is 0 Å². The Labute approximate surface area is 158 Å². The van der Waals surface area contributed by atoms with Crippen LogP contribution >= 0.6 is 0 Å². The van der Waals surface area contributed by atoms with Crippen molar-refractivity contribution in [2.24, 2.45) is 11.8 Å². The van der Waals surface area contributed by atoms with Gasteiger partial charge in [-0.05, 0) is 54.4 Å². The van der Waals surface area contributed by atoms with Crippen molar-refractivity contribution in [2.75, 3.05) is 13.1 Å². The second kappa shape index (κ2) is 6.50. The van der Waals surface area contributed by atoms with E-state index in [0.717, 1.165) is 37.9 Å². The Balaban J connectivity index is 1.34. The molecule has 2 aromatic carbocycles. The Bertz CT molecular complexity index is 985. The van der Waals surface area contributed by atoms with E-state index in [2.05, 4.69) is 34.2 Å². The van der Waals surface area contributed by atoms with Crippen LogP contribution in [0.15, 0.2) is 42.5 Å². The fraction of sp³-hybridized carbons (Fsp3) is 0.364. The zero-order valence-corrected chi connectivity index (χ0v) is 15.2. The smallest absolute Gasteiger partial charge is 0.256 e. The van der Waals surface area contributed by atoms with E-state index in [0.29, 0.717) is 28.7 Å². The first kappa shape index (κ1) is 16.5. The highest BCUT2D eigenvalue weighted by Gasteiger charge is 2.35. The minimum atomic E-state index is -0.156. The average molecular weight is 361 g/mol. The molecule has 138 valence electrons. The first-order valence-corrected chi connectivity index (χ1v) is 9.67. The summed E-state index contributed by atoms with van der Waals surface area (Å²) in [5.41, 5.74) is 5.03. The number of aromatic amines is 1. The summed E-state index contributed by atoms with van der Waals surface area (Å²) < 4.78 is 0. The summed E-state index contributed by atoms with van der Waals surface area (Å²) in [5, 5.41) is 9.32. The van der Waals surface area contributed by atoms with Crippen LogP contribution in [0.25, 0.3) is 11.0 Å². The molecule has 1 aromatic heterocycles. The zero-order chi connectivity index (χ0) is 18.4. The first-order chi connectivity index (χ1) is 13.2. The average Bonchev–Trinajstić information content (AvgIpc) is 3.43. The fourth-order valence-corrected chi connectivity index (χ4v) is 4.78. The normalized spacial score (nSPS) is 19.7. The number of nitrogens with zero attached hydrogens (tertiary/aromatic N) is 2. The number of likely N-dealkylation sites (tertiary alicyclic amines) is 1. The lowest BCUT2D eigenvalue weighted by atomic mass is 9.89. The SMILES string of the molecule is O=C(c1cccc2[nH]c(CO)nc12)N1CCC(C2Cc3ccccc3C2)C1. The Morgan fingerprint density at radius 2 is 1.89 bits per heavy atom. The van der Waals surface area contributed by atoms with Crippen molar-refractivity contribution < 1.29 is 9.90 Å². The molecule has 1 unspecified atom stereocenters. The summed E-state index contributed by atoms with van der Waals surface area (Å²) in [5.74, 6) is 1.75. The minimum absolute atomic E-state index is 0.0506. The molecule has 5 nitrogen and oxygen atoms in total. The standard InChI is InChI=1S/C22H23N3O2/c26-13-20-23-19-7-3-6-18(21(19)24-20)22(27)25-9-8-16(12-25)17-10-14-4-1-2-5-15(14)11-17/h1-7,16-17,26H,8-13H2,(H,23,24). The van der Waals surface area contributed by atoms with Crippen LogP contribution in [0, 0.1) is 11.8 Å². The molecule has 0 saturated carbocycles. The molecule has 3 aromatic rings. The largest absolute Gasteiger partial charge is 0.388 e. The van der Waals surface area contributed by atoms with Gasteiger partial charge in [-0.1, -0.05) is 30.3 Å². The van der Waals surface area contributed by atoms with Crippen molar-refractivity contribution >= 4 is 16.9 Å². The van der Waals surface area contributed by atoms with Crippen LogP contribution < -0.4 is 0 Å². The molecule has 5 rings (SSSR count). The van der Waals surface area contributed by atoms with E-state index in [4.69, 9.17) is 0 Å². The fourth-order valence-electron chi connectivity index (χ4n) is 4.78. The summed E-state index contributed by atoms with van der Waals surface area (Å²) in [6, 6.07) is 14.3. The van der Waals surface area contributed by atoms with Crippen LogP contribution in [0.1, 0.15) is 33.7 Å². The van der Waals surface area contributed by atoms with Gasteiger partial charge in [0.1, 0.15) is 17.9 Å². The van der Waals surface area contributed by atoms with Gasteiger partial charge in [-0.25, -0.2) is 4.98 Å². The summed E-state index contributed by atoms with van der Waals surface area (Å²) in [6.45, 7) is 1.48. The Morgan fingerprint density at radius 1 is 1.11 bits per heavy atom. The molecule has 1 amide bonds. The van der Waals surface area contributed by atoms with Crippen molar-refractivity contribution in [2.45, 2.75) is 25.9 Å². The van der Waals surface area contributed by atoms with Crippen molar-refractivity contribution in [3.05, 3.63) is 65.0 Å². The van der Waals surface area contributed by atoms with E-state index in [1.807, 2.05) is 23.1 Å². The maximum atomic E-state index is 13.1. The number of nitrogens with one attached hydrogen (secondary N) is 1. The van der Waals surface area contributed by atoms with Gasteiger partial charge >= 0.3 is 0 Å². The van der Waals surface area contributed by atoms with Crippen LogP contribution in [0.2, 0.25) is 0 Å². The zero-order valence-electron chi connectivity index (χ0n) is 15.2. The second-order valence-corrected chi connectivity index (χ2v) is 7.78. The summed E-state index contributed by atoms with van der Waals surface area (Å²) >= 11 is 0. The van der Waals surface area contributed by atoms with Gasteiger partial charge in [-0.15, -0.1) is 0 Å². The third-order valence-electron chi connectivity index (χ3n) is 6.20. The number of imidazole rings is 1. The number of aliphatic hydroxyl groups excluding tert-OH is 1. The maximum absolute atomic E-state index is 13.1. The molecule has 1 saturated heterocycles. The summed E-state index contributed by atoms with van der Waals surface area (Å²) in [7, 11) is 0. The van der Waals surface area contributed by atoms with Gasteiger partial charge in [0.15, 0.2) is 0 Å². The van der Waals surface area contributed by atoms with E-state index in [-0.39, 0.29) is 12.5 Å². The molecule has 1 fully saturated rings. The quantitative estimate of drug-likeness (QED) is 0.754. The molecule has 2 heterocycles. The first-order valence-electron chi connectivity index (χ1n) is 9.67. The molecule has 1 aliphatic carbocycles. The molecule has 2 aliphatic rings. The van der Waals surface area contributed by atoms with Gasteiger partial charge in [0.2, 0.25) is 0 Å². The predicted molar refractivity (Wildman–Crippen MR) is 103 cm³/mol. The minimum Gasteiger partial charge on any atom is -0.388 e. The van der Waals surface area contributed by atoms with Crippen molar-refractivity contribution in [1.82, 2.24) is 14.9 Å². The van der Waals surface area contributed by atoms with Crippen LogP contribution in [0.3, 0.4) is 0 Å². The Morgan fingerprint density at radius 3 is 2.63 bits per heavy atom.